The average Bonchev–Trinajstić information content (AvgIpc) is 2.42. The van der Waals surface area contributed by atoms with E-state index in [9.17, 15) is 18.0 Å². The van der Waals surface area contributed by atoms with Crippen molar-refractivity contribution < 1.29 is 27.7 Å². The number of rotatable bonds is 7. The zero-order valence-electron chi connectivity index (χ0n) is 11.4. The molecule has 0 bridgehead atoms. The number of amides is 1. The molecule has 0 saturated heterocycles. The second-order valence-corrected chi connectivity index (χ2v) is 6.18. The van der Waals surface area contributed by atoms with Gasteiger partial charge in [0.2, 0.25) is 5.91 Å². The molecule has 1 unspecified atom stereocenters. The number of nitrogens with one attached hydrogen (secondary N) is 1. The quantitative estimate of drug-likeness (QED) is 0.635. The first-order chi connectivity index (χ1) is 9.70. The van der Waals surface area contributed by atoms with Crippen LogP contribution in [0.4, 0.5) is 0 Å². The van der Waals surface area contributed by atoms with Crippen LogP contribution in [-0.4, -0.2) is 41.7 Å². The minimum atomic E-state index is -4.28. The standard InChI is InChI=1S/C13H17NO6S/c1-9(10-5-3-2-4-6-10)12(15)14-11(13(16)17)7-8-21(18,19)20/h2-6,9,11H,7-8H2,1H3,(H,14,15)(H,16,17)(H,18,19,20)/t9?,11-/m0/s1. The summed E-state index contributed by atoms with van der Waals surface area (Å²) in [6.45, 7) is 1.62. The largest absolute Gasteiger partial charge is 0.480 e. The lowest BCUT2D eigenvalue weighted by Crippen LogP contribution is -2.43. The Hall–Kier alpha value is -1.93. The summed E-state index contributed by atoms with van der Waals surface area (Å²) in [5.74, 6) is -3.18. The second kappa shape index (κ2) is 7.19. The molecule has 0 aliphatic carbocycles. The molecule has 3 N–H and O–H groups in total. The van der Waals surface area contributed by atoms with E-state index in [1.165, 1.54) is 0 Å². The molecule has 2 atom stereocenters. The number of carbonyl (C=O) groups is 2. The lowest BCUT2D eigenvalue weighted by Gasteiger charge is -2.17. The summed E-state index contributed by atoms with van der Waals surface area (Å²) in [4.78, 5) is 23.0. The van der Waals surface area contributed by atoms with Crippen LogP contribution in [0, 0.1) is 0 Å². The molecule has 0 radical (unpaired) electrons. The lowest BCUT2D eigenvalue weighted by atomic mass is 10.00. The van der Waals surface area contributed by atoms with Gasteiger partial charge < -0.3 is 10.4 Å². The average molecular weight is 315 g/mol. The van der Waals surface area contributed by atoms with Crippen LogP contribution in [0.1, 0.15) is 24.8 Å². The maximum absolute atomic E-state index is 12.0. The van der Waals surface area contributed by atoms with Gasteiger partial charge >= 0.3 is 5.97 Å². The first-order valence-corrected chi connectivity index (χ1v) is 7.85. The topological polar surface area (TPSA) is 121 Å². The van der Waals surface area contributed by atoms with Crippen LogP contribution < -0.4 is 5.32 Å². The van der Waals surface area contributed by atoms with Crippen LogP contribution in [0.15, 0.2) is 30.3 Å². The highest BCUT2D eigenvalue weighted by molar-refractivity contribution is 7.85. The summed E-state index contributed by atoms with van der Waals surface area (Å²) >= 11 is 0. The van der Waals surface area contributed by atoms with E-state index in [0.29, 0.717) is 5.56 Å². The van der Waals surface area contributed by atoms with Gasteiger partial charge in [0.15, 0.2) is 0 Å². The summed E-state index contributed by atoms with van der Waals surface area (Å²) in [7, 11) is -4.28. The molecule has 7 nitrogen and oxygen atoms in total. The summed E-state index contributed by atoms with van der Waals surface area (Å²) in [5.41, 5.74) is 0.717. The highest BCUT2D eigenvalue weighted by Crippen LogP contribution is 2.15. The summed E-state index contributed by atoms with van der Waals surface area (Å²) in [5, 5.41) is 11.3. The maximum Gasteiger partial charge on any atom is 0.326 e. The summed E-state index contributed by atoms with van der Waals surface area (Å²) in [6, 6.07) is 7.40. The first-order valence-electron chi connectivity index (χ1n) is 6.24. The van der Waals surface area contributed by atoms with Crippen molar-refractivity contribution in [2.24, 2.45) is 0 Å². The fraction of sp³-hybridized carbons (Fsp3) is 0.385. The normalized spacial score (nSPS) is 14.2. The molecule has 1 aromatic carbocycles. The number of carboxylic acid groups (broad SMARTS) is 1. The lowest BCUT2D eigenvalue weighted by molar-refractivity contribution is -0.142. The molecule has 1 aromatic rings. The number of carboxylic acids is 1. The molecule has 1 amide bonds. The van der Waals surface area contributed by atoms with Crippen molar-refractivity contribution in [1.29, 1.82) is 0 Å². The predicted octanol–water partition coefficient (Wildman–Crippen LogP) is 0.637. The molecule has 0 heterocycles. The Bertz CT molecular complexity index is 598. The molecule has 0 spiro atoms. The third kappa shape index (κ3) is 5.92. The Morgan fingerprint density at radius 3 is 2.29 bits per heavy atom. The highest BCUT2D eigenvalue weighted by atomic mass is 32.2. The predicted molar refractivity (Wildman–Crippen MR) is 75.5 cm³/mol. The number of aliphatic carboxylic acids is 1. The molecule has 0 aromatic heterocycles. The van der Waals surface area contributed by atoms with Gasteiger partial charge in [-0.1, -0.05) is 30.3 Å². The van der Waals surface area contributed by atoms with Gasteiger partial charge in [-0.25, -0.2) is 4.79 Å². The Morgan fingerprint density at radius 1 is 1.24 bits per heavy atom. The summed E-state index contributed by atoms with van der Waals surface area (Å²) in [6.07, 6.45) is -0.401. The van der Waals surface area contributed by atoms with Crippen molar-refractivity contribution in [3.05, 3.63) is 35.9 Å². The van der Waals surface area contributed by atoms with Gasteiger partial charge in [0.05, 0.1) is 11.7 Å². The Kier molecular flexibility index (Phi) is 5.86. The Labute approximate surface area is 122 Å². The van der Waals surface area contributed by atoms with E-state index < -0.39 is 46.1 Å². The van der Waals surface area contributed by atoms with E-state index in [-0.39, 0.29) is 0 Å². The van der Waals surface area contributed by atoms with Crippen LogP contribution in [0.25, 0.3) is 0 Å². The van der Waals surface area contributed by atoms with Crippen molar-refractivity contribution in [2.75, 3.05) is 5.75 Å². The molecular weight excluding hydrogens is 298 g/mol. The zero-order valence-corrected chi connectivity index (χ0v) is 12.2. The van der Waals surface area contributed by atoms with Gasteiger partial charge in [-0.05, 0) is 18.9 Å². The van der Waals surface area contributed by atoms with Gasteiger partial charge in [-0.3, -0.25) is 9.35 Å². The minimum absolute atomic E-state index is 0.401. The molecule has 1 rings (SSSR count). The molecule has 8 heteroatoms. The molecule has 21 heavy (non-hydrogen) atoms. The van der Waals surface area contributed by atoms with Crippen molar-refractivity contribution in [2.45, 2.75) is 25.3 Å². The van der Waals surface area contributed by atoms with E-state index in [0.717, 1.165) is 0 Å². The van der Waals surface area contributed by atoms with Crippen LogP contribution in [-0.2, 0) is 19.7 Å². The maximum atomic E-state index is 12.0. The van der Waals surface area contributed by atoms with Gasteiger partial charge in [-0.15, -0.1) is 0 Å². The van der Waals surface area contributed by atoms with E-state index in [4.69, 9.17) is 9.66 Å². The van der Waals surface area contributed by atoms with Crippen molar-refractivity contribution in [3.63, 3.8) is 0 Å². The Balaban J connectivity index is 2.71. The summed E-state index contributed by atoms with van der Waals surface area (Å²) < 4.78 is 29.9. The van der Waals surface area contributed by atoms with Crippen LogP contribution in [0.3, 0.4) is 0 Å². The molecule has 0 fully saturated rings. The number of benzene rings is 1. The van der Waals surface area contributed by atoms with Crippen LogP contribution >= 0.6 is 0 Å². The first kappa shape index (κ1) is 17.1. The second-order valence-electron chi connectivity index (χ2n) is 4.61. The molecule has 0 saturated carbocycles. The monoisotopic (exact) mass is 315 g/mol. The smallest absolute Gasteiger partial charge is 0.326 e. The number of hydrogen-bond donors (Lipinski definition) is 3. The van der Waals surface area contributed by atoms with Gasteiger partial charge in [0, 0.05) is 0 Å². The van der Waals surface area contributed by atoms with E-state index in [1.807, 2.05) is 0 Å². The van der Waals surface area contributed by atoms with Gasteiger partial charge in [0.1, 0.15) is 6.04 Å². The molecule has 0 aliphatic rings. The fourth-order valence-corrected chi connectivity index (χ4v) is 2.25. The SMILES string of the molecule is CC(C(=O)N[C@@H](CCS(=O)(=O)O)C(=O)O)c1ccccc1. The van der Waals surface area contributed by atoms with E-state index >= 15 is 0 Å². The third-order valence-corrected chi connectivity index (χ3v) is 3.72. The fourth-order valence-electron chi connectivity index (χ4n) is 1.71. The molecular formula is C13H17NO6S. The van der Waals surface area contributed by atoms with Gasteiger partial charge in [-0.2, -0.15) is 8.42 Å². The van der Waals surface area contributed by atoms with Crippen molar-refractivity contribution in [1.82, 2.24) is 5.32 Å². The minimum Gasteiger partial charge on any atom is -0.480 e. The van der Waals surface area contributed by atoms with E-state index in [1.54, 1.807) is 37.3 Å². The van der Waals surface area contributed by atoms with Crippen LogP contribution in [0.5, 0.6) is 0 Å². The molecule has 116 valence electrons. The molecule has 0 aliphatic heterocycles. The third-order valence-electron chi connectivity index (χ3n) is 2.97. The number of carbonyl (C=O) groups excluding carboxylic acids is 1. The Morgan fingerprint density at radius 2 is 1.81 bits per heavy atom. The zero-order chi connectivity index (χ0) is 16.0. The van der Waals surface area contributed by atoms with Gasteiger partial charge in [0.25, 0.3) is 10.1 Å². The van der Waals surface area contributed by atoms with Crippen molar-refractivity contribution >= 4 is 22.0 Å². The van der Waals surface area contributed by atoms with Crippen molar-refractivity contribution in [3.8, 4) is 0 Å². The van der Waals surface area contributed by atoms with E-state index in [2.05, 4.69) is 5.32 Å². The number of hydrogen-bond acceptors (Lipinski definition) is 4. The van der Waals surface area contributed by atoms with Crippen LogP contribution in [0.2, 0.25) is 0 Å². The highest BCUT2D eigenvalue weighted by Gasteiger charge is 2.25.